The average Bonchev–Trinajstić information content (AvgIpc) is 2.99. The zero-order valence-corrected chi connectivity index (χ0v) is 14.9. The van der Waals surface area contributed by atoms with Gasteiger partial charge in [0.05, 0.1) is 0 Å². The van der Waals surface area contributed by atoms with Gasteiger partial charge in [-0.2, -0.15) is 0 Å². The van der Waals surface area contributed by atoms with E-state index in [1.807, 2.05) is 34.0 Å². The summed E-state index contributed by atoms with van der Waals surface area (Å²) in [6.07, 6.45) is 0. The molecule has 3 heterocycles. The predicted molar refractivity (Wildman–Crippen MR) is 94.6 cm³/mol. The van der Waals surface area contributed by atoms with Crippen LogP contribution in [0.1, 0.15) is 26.4 Å². The fourth-order valence-electron chi connectivity index (χ4n) is 2.41. The molecule has 0 radical (unpaired) electrons. The number of hydrogen-bond acceptors (Lipinski definition) is 3. The number of hydrogen-bond donors (Lipinski definition) is 0. The molecule has 0 aliphatic rings. The monoisotopic (exact) mass is 318 g/mol. The first-order chi connectivity index (χ1) is 9.45. The standard InChI is InChI=1S/C17H18S3/c1-9-7-14(19-13(9)5)17-11(3)8-15(20-17)16-10(2)6-12(4)18-16/h6-8H,1-5H3. The van der Waals surface area contributed by atoms with Crippen molar-refractivity contribution in [3.05, 3.63) is 44.6 Å². The largest absolute Gasteiger partial charge is 0.139 e. The van der Waals surface area contributed by atoms with E-state index in [9.17, 15) is 0 Å². The number of aryl methyl sites for hydroxylation is 5. The van der Waals surface area contributed by atoms with Gasteiger partial charge in [-0.3, -0.25) is 0 Å². The van der Waals surface area contributed by atoms with E-state index < -0.39 is 0 Å². The van der Waals surface area contributed by atoms with Gasteiger partial charge in [0.1, 0.15) is 0 Å². The lowest BCUT2D eigenvalue weighted by molar-refractivity contribution is 1.44. The molecule has 0 nitrogen and oxygen atoms in total. The van der Waals surface area contributed by atoms with Crippen LogP contribution in [0.2, 0.25) is 0 Å². The van der Waals surface area contributed by atoms with Crippen molar-refractivity contribution >= 4 is 34.0 Å². The lowest BCUT2D eigenvalue weighted by Gasteiger charge is -1.94. The Morgan fingerprint density at radius 2 is 1.15 bits per heavy atom. The topological polar surface area (TPSA) is 0 Å². The molecular formula is C17H18S3. The Morgan fingerprint density at radius 3 is 1.70 bits per heavy atom. The maximum absolute atomic E-state index is 2.35. The normalized spacial score (nSPS) is 11.2. The fourth-order valence-corrected chi connectivity index (χ4v) is 5.97. The average molecular weight is 319 g/mol. The molecular weight excluding hydrogens is 300 g/mol. The highest BCUT2D eigenvalue weighted by atomic mass is 32.1. The molecule has 0 fully saturated rings. The van der Waals surface area contributed by atoms with Crippen molar-refractivity contribution in [3.8, 4) is 19.5 Å². The molecule has 20 heavy (non-hydrogen) atoms. The van der Waals surface area contributed by atoms with Crippen molar-refractivity contribution in [2.24, 2.45) is 0 Å². The molecule has 0 atom stereocenters. The van der Waals surface area contributed by atoms with Gasteiger partial charge in [-0.1, -0.05) is 0 Å². The van der Waals surface area contributed by atoms with Gasteiger partial charge in [-0.15, -0.1) is 34.0 Å². The van der Waals surface area contributed by atoms with Gasteiger partial charge >= 0.3 is 0 Å². The maximum atomic E-state index is 2.35. The minimum Gasteiger partial charge on any atom is -0.139 e. The Hall–Kier alpha value is -0.900. The van der Waals surface area contributed by atoms with Gasteiger partial charge in [0.25, 0.3) is 0 Å². The molecule has 0 unspecified atom stereocenters. The summed E-state index contributed by atoms with van der Waals surface area (Å²) in [5, 5.41) is 0. The maximum Gasteiger partial charge on any atom is 0.0478 e. The molecule has 0 amide bonds. The molecule has 104 valence electrons. The van der Waals surface area contributed by atoms with E-state index in [0.29, 0.717) is 0 Å². The summed E-state index contributed by atoms with van der Waals surface area (Å²) in [6.45, 7) is 11.0. The smallest absolute Gasteiger partial charge is 0.0478 e. The van der Waals surface area contributed by atoms with E-state index >= 15 is 0 Å². The molecule has 0 saturated carbocycles. The van der Waals surface area contributed by atoms with Crippen LogP contribution < -0.4 is 0 Å². The Balaban J connectivity index is 2.09. The van der Waals surface area contributed by atoms with Crippen molar-refractivity contribution in [1.82, 2.24) is 0 Å². The Kier molecular flexibility index (Phi) is 3.61. The van der Waals surface area contributed by atoms with Crippen LogP contribution in [-0.2, 0) is 0 Å². The molecule has 0 saturated heterocycles. The van der Waals surface area contributed by atoms with Crippen LogP contribution in [0.15, 0.2) is 18.2 Å². The van der Waals surface area contributed by atoms with E-state index in [-0.39, 0.29) is 0 Å². The van der Waals surface area contributed by atoms with Crippen LogP contribution in [0.25, 0.3) is 19.5 Å². The first-order valence-corrected chi connectivity index (χ1v) is 9.16. The summed E-state index contributed by atoms with van der Waals surface area (Å²) < 4.78 is 0. The van der Waals surface area contributed by atoms with Crippen molar-refractivity contribution in [2.45, 2.75) is 34.6 Å². The third-order valence-electron chi connectivity index (χ3n) is 3.57. The van der Waals surface area contributed by atoms with Crippen LogP contribution in [-0.4, -0.2) is 0 Å². The summed E-state index contributed by atoms with van der Waals surface area (Å²) in [6, 6.07) is 6.96. The molecule has 3 heteroatoms. The van der Waals surface area contributed by atoms with E-state index in [4.69, 9.17) is 0 Å². The lowest BCUT2D eigenvalue weighted by Crippen LogP contribution is -1.68. The van der Waals surface area contributed by atoms with Crippen LogP contribution >= 0.6 is 34.0 Å². The predicted octanol–water partition coefficient (Wildman–Crippen LogP) is 6.75. The minimum absolute atomic E-state index is 1.40. The molecule has 3 aromatic rings. The third kappa shape index (κ3) is 2.39. The van der Waals surface area contributed by atoms with E-state index in [1.165, 1.54) is 46.0 Å². The second-order valence-corrected chi connectivity index (χ2v) is 8.91. The van der Waals surface area contributed by atoms with Crippen LogP contribution in [0.5, 0.6) is 0 Å². The quantitative estimate of drug-likeness (QED) is 0.490. The molecule has 0 spiro atoms. The van der Waals surface area contributed by atoms with Crippen LogP contribution in [0.4, 0.5) is 0 Å². The highest BCUT2D eigenvalue weighted by Crippen LogP contribution is 2.44. The minimum atomic E-state index is 1.40. The summed E-state index contributed by atoms with van der Waals surface area (Å²) in [5.41, 5.74) is 4.21. The third-order valence-corrected chi connectivity index (χ3v) is 7.47. The van der Waals surface area contributed by atoms with Gasteiger partial charge < -0.3 is 0 Å². The second kappa shape index (κ2) is 5.14. The SMILES string of the molecule is Cc1cc(C)c(-c2cc(C)c(-c3cc(C)c(C)s3)s2)s1. The number of thiophene rings is 3. The highest BCUT2D eigenvalue weighted by Gasteiger charge is 2.14. The Labute approximate surface area is 132 Å². The van der Waals surface area contributed by atoms with Crippen LogP contribution in [0, 0.1) is 34.6 Å². The van der Waals surface area contributed by atoms with Crippen molar-refractivity contribution < 1.29 is 0 Å². The van der Waals surface area contributed by atoms with Crippen molar-refractivity contribution in [2.75, 3.05) is 0 Å². The zero-order valence-electron chi connectivity index (χ0n) is 12.5. The van der Waals surface area contributed by atoms with Gasteiger partial charge in [0, 0.05) is 29.3 Å². The zero-order chi connectivity index (χ0) is 14.4. The summed E-state index contributed by atoms with van der Waals surface area (Å²) >= 11 is 5.76. The molecule has 0 bridgehead atoms. The Morgan fingerprint density at radius 1 is 0.600 bits per heavy atom. The first kappa shape index (κ1) is 14.1. The molecule has 3 aromatic heterocycles. The molecule has 0 aromatic carbocycles. The number of rotatable bonds is 2. The lowest BCUT2D eigenvalue weighted by atomic mass is 10.2. The summed E-state index contributed by atoms with van der Waals surface area (Å²) in [5.74, 6) is 0. The Bertz CT molecular complexity index is 749. The van der Waals surface area contributed by atoms with Gasteiger partial charge in [-0.25, -0.2) is 0 Å². The summed E-state index contributed by atoms with van der Waals surface area (Å²) in [4.78, 5) is 8.53. The second-order valence-electron chi connectivity index (χ2n) is 5.34. The van der Waals surface area contributed by atoms with Gasteiger partial charge in [-0.05, 0) is 69.5 Å². The summed E-state index contributed by atoms with van der Waals surface area (Å²) in [7, 11) is 0. The van der Waals surface area contributed by atoms with Gasteiger partial charge in [0.15, 0.2) is 0 Å². The molecule has 0 aliphatic carbocycles. The fraction of sp³-hybridized carbons (Fsp3) is 0.294. The van der Waals surface area contributed by atoms with E-state index in [1.54, 1.807) is 0 Å². The van der Waals surface area contributed by atoms with Crippen molar-refractivity contribution in [3.63, 3.8) is 0 Å². The van der Waals surface area contributed by atoms with Crippen LogP contribution in [0.3, 0.4) is 0 Å². The first-order valence-electron chi connectivity index (χ1n) is 6.71. The highest BCUT2D eigenvalue weighted by molar-refractivity contribution is 7.26. The van der Waals surface area contributed by atoms with E-state index in [0.717, 1.165) is 0 Å². The van der Waals surface area contributed by atoms with Gasteiger partial charge in [0.2, 0.25) is 0 Å². The molecule has 0 N–H and O–H groups in total. The van der Waals surface area contributed by atoms with Crippen molar-refractivity contribution in [1.29, 1.82) is 0 Å². The molecule has 0 aliphatic heterocycles. The van der Waals surface area contributed by atoms with E-state index in [2.05, 4.69) is 52.8 Å². The molecule has 3 rings (SSSR count).